The number of para-hydroxylation sites is 1. The SMILES string of the molecule is CC(NC(=O)c1ccccc1OCc1ccc(F)cc1)c1cccnc1. The summed E-state index contributed by atoms with van der Waals surface area (Å²) in [4.78, 5) is 16.7. The molecular weight excluding hydrogens is 331 g/mol. The average Bonchev–Trinajstić information content (AvgIpc) is 2.68. The number of amides is 1. The fraction of sp³-hybridized carbons (Fsp3) is 0.143. The monoisotopic (exact) mass is 350 g/mol. The Hall–Kier alpha value is -3.21. The zero-order chi connectivity index (χ0) is 18.4. The summed E-state index contributed by atoms with van der Waals surface area (Å²) in [5, 5.41) is 2.95. The van der Waals surface area contributed by atoms with Gasteiger partial charge in [0.1, 0.15) is 18.2 Å². The van der Waals surface area contributed by atoms with Crippen LogP contribution in [0.15, 0.2) is 73.1 Å². The van der Waals surface area contributed by atoms with E-state index in [1.165, 1.54) is 12.1 Å². The van der Waals surface area contributed by atoms with Crippen molar-refractivity contribution in [3.63, 3.8) is 0 Å². The summed E-state index contributed by atoms with van der Waals surface area (Å²) < 4.78 is 18.8. The maximum Gasteiger partial charge on any atom is 0.255 e. The van der Waals surface area contributed by atoms with E-state index in [4.69, 9.17) is 4.74 Å². The molecule has 0 fully saturated rings. The molecule has 1 heterocycles. The molecule has 0 saturated carbocycles. The van der Waals surface area contributed by atoms with Crippen LogP contribution >= 0.6 is 0 Å². The highest BCUT2D eigenvalue weighted by Crippen LogP contribution is 2.21. The normalized spacial score (nSPS) is 11.6. The number of aromatic nitrogens is 1. The summed E-state index contributed by atoms with van der Waals surface area (Å²) >= 11 is 0. The van der Waals surface area contributed by atoms with Crippen molar-refractivity contribution in [3.8, 4) is 5.75 Å². The summed E-state index contributed by atoms with van der Waals surface area (Å²) in [5.74, 6) is -0.0401. The van der Waals surface area contributed by atoms with E-state index in [2.05, 4.69) is 10.3 Å². The molecule has 0 aliphatic heterocycles. The summed E-state index contributed by atoms with van der Waals surface area (Å²) in [6.45, 7) is 2.15. The second-order valence-electron chi connectivity index (χ2n) is 5.89. The third-order valence-corrected chi connectivity index (χ3v) is 3.97. The summed E-state index contributed by atoms with van der Waals surface area (Å²) in [6.07, 6.45) is 3.42. The molecule has 0 spiro atoms. The van der Waals surface area contributed by atoms with E-state index in [1.54, 1.807) is 48.8 Å². The first-order valence-corrected chi connectivity index (χ1v) is 8.30. The first kappa shape index (κ1) is 17.6. The molecule has 0 aliphatic rings. The van der Waals surface area contributed by atoms with Crippen molar-refractivity contribution in [2.45, 2.75) is 19.6 Å². The molecule has 0 aliphatic carbocycles. The minimum atomic E-state index is -0.294. The molecular formula is C21H19FN2O2. The van der Waals surface area contributed by atoms with E-state index in [-0.39, 0.29) is 24.4 Å². The van der Waals surface area contributed by atoms with E-state index < -0.39 is 0 Å². The van der Waals surface area contributed by atoms with Crippen molar-refractivity contribution >= 4 is 5.91 Å². The molecule has 132 valence electrons. The van der Waals surface area contributed by atoms with Gasteiger partial charge in [-0.1, -0.05) is 30.3 Å². The highest BCUT2D eigenvalue weighted by atomic mass is 19.1. The highest BCUT2D eigenvalue weighted by molar-refractivity contribution is 5.97. The first-order chi connectivity index (χ1) is 12.6. The van der Waals surface area contributed by atoms with Gasteiger partial charge in [0.15, 0.2) is 0 Å². The Balaban J connectivity index is 1.69. The first-order valence-electron chi connectivity index (χ1n) is 8.30. The summed E-state index contributed by atoms with van der Waals surface area (Å²) in [6, 6.07) is 16.7. The molecule has 5 heteroatoms. The van der Waals surface area contributed by atoms with E-state index in [9.17, 15) is 9.18 Å². The molecule has 0 saturated heterocycles. The van der Waals surface area contributed by atoms with Crippen molar-refractivity contribution in [1.82, 2.24) is 10.3 Å². The van der Waals surface area contributed by atoms with Crippen LogP contribution < -0.4 is 10.1 Å². The molecule has 1 aromatic heterocycles. The molecule has 26 heavy (non-hydrogen) atoms. The number of rotatable bonds is 6. The van der Waals surface area contributed by atoms with E-state index in [0.29, 0.717) is 11.3 Å². The zero-order valence-corrected chi connectivity index (χ0v) is 14.4. The number of hydrogen-bond donors (Lipinski definition) is 1. The van der Waals surface area contributed by atoms with Crippen LogP contribution in [0.3, 0.4) is 0 Å². The Labute approximate surface area is 151 Å². The second-order valence-corrected chi connectivity index (χ2v) is 5.89. The lowest BCUT2D eigenvalue weighted by atomic mass is 10.1. The lowest BCUT2D eigenvalue weighted by Crippen LogP contribution is -2.27. The van der Waals surface area contributed by atoms with Crippen molar-refractivity contribution in [2.75, 3.05) is 0 Å². The minimum absolute atomic E-state index is 0.179. The van der Waals surface area contributed by atoms with Gasteiger partial charge in [-0.2, -0.15) is 0 Å². The molecule has 1 amide bonds. The molecule has 3 rings (SSSR count). The highest BCUT2D eigenvalue weighted by Gasteiger charge is 2.15. The van der Waals surface area contributed by atoms with Gasteiger partial charge in [-0.15, -0.1) is 0 Å². The number of ether oxygens (including phenoxy) is 1. The van der Waals surface area contributed by atoms with Gasteiger partial charge in [-0.3, -0.25) is 9.78 Å². The summed E-state index contributed by atoms with van der Waals surface area (Å²) in [7, 11) is 0. The lowest BCUT2D eigenvalue weighted by Gasteiger charge is -2.16. The molecule has 2 aromatic carbocycles. The standard InChI is InChI=1S/C21H19FN2O2/c1-15(17-5-4-12-23-13-17)24-21(25)19-6-2-3-7-20(19)26-14-16-8-10-18(22)11-9-16/h2-13,15H,14H2,1H3,(H,24,25). The molecule has 1 N–H and O–H groups in total. The fourth-order valence-electron chi connectivity index (χ4n) is 2.51. The molecule has 4 nitrogen and oxygen atoms in total. The van der Waals surface area contributed by atoms with E-state index in [0.717, 1.165) is 11.1 Å². The average molecular weight is 350 g/mol. The second kappa shape index (κ2) is 8.25. The quantitative estimate of drug-likeness (QED) is 0.721. The minimum Gasteiger partial charge on any atom is -0.488 e. The maximum absolute atomic E-state index is 13.0. The van der Waals surface area contributed by atoms with E-state index >= 15 is 0 Å². The Kier molecular flexibility index (Phi) is 5.59. The largest absolute Gasteiger partial charge is 0.488 e. The van der Waals surface area contributed by atoms with E-state index in [1.807, 2.05) is 19.1 Å². The number of benzene rings is 2. The number of hydrogen-bond acceptors (Lipinski definition) is 3. The summed E-state index contributed by atoms with van der Waals surface area (Å²) in [5.41, 5.74) is 2.20. The maximum atomic E-state index is 13.0. The predicted molar refractivity (Wildman–Crippen MR) is 97.3 cm³/mol. The van der Waals surface area contributed by atoms with Gasteiger partial charge in [0.2, 0.25) is 0 Å². The van der Waals surface area contributed by atoms with Gasteiger partial charge in [0.25, 0.3) is 5.91 Å². The van der Waals surface area contributed by atoms with Crippen LogP contribution in [0.1, 0.15) is 34.5 Å². The third-order valence-electron chi connectivity index (χ3n) is 3.97. The Morgan fingerprint density at radius 2 is 1.88 bits per heavy atom. The van der Waals surface area contributed by atoms with Gasteiger partial charge >= 0.3 is 0 Å². The molecule has 0 bridgehead atoms. The Bertz CT molecular complexity index is 867. The predicted octanol–water partition coefficient (Wildman–Crippen LogP) is 4.29. The number of carbonyl (C=O) groups excluding carboxylic acids is 1. The Morgan fingerprint density at radius 1 is 1.12 bits per heavy atom. The van der Waals surface area contributed by atoms with Gasteiger partial charge in [0, 0.05) is 12.4 Å². The van der Waals surface area contributed by atoms with Crippen LogP contribution in [0.2, 0.25) is 0 Å². The van der Waals surface area contributed by atoms with Crippen LogP contribution in [-0.2, 0) is 6.61 Å². The zero-order valence-electron chi connectivity index (χ0n) is 14.4. The van der Waals surface area contributed by atoms with Gasteiger partial charge in [0.05, 0.1) is 11.6 Å². The van der Waals surface area contributed by atoms with Gasteiger partial charge in [-0.05, 0) is 48.4 Å². The van der Waals surface area contributed by atoms with Crippen molar-refractivity contribution in [1.29, 1.82) is 0 Å². The van der Waals surface area contributed by atoms with Crippen molar-refractivity contribution in [2.24, 2.45) is 0 Å². The smallest absolute Gasteiger partial charge is 0.255 e. The van der Waals surface area contributed by atoms with Gasteiger partial charge in [-0.25, -0.2) is 4.39 Å². The number of nitrogens with one attached hydrogen (secondary N) is 1. The van der Waals surface area contributed by atoms with Crippen LogP contribution in [0.5, 0.6) is 5.75 Å². The number of nitrogens with zero attached hydrogens (tertiary/aromatic N) is 1. The molecule has 3 aromatic rings. The Morgan fingerprint density at radius 3 is 2.62 bits per heavy atom. The third kappa shape index (κ3) is 4.45. The molecule has 1 atom stereocenters. The fourth-order valence-corrected chi connectivity index (χ4v) is 2.51. The van der Waals surface area contributed by atoms with Crippen molar-refractivity contribution < 1.29 is 13.9 Å². The van der Waals surface area contributed by atoms with Crippen LogP contribution in [0, 0.1) is 5.82 Å². The number of carbonyl (C=O) groups is 1. The topological polar surface area (TPSA) is 51.2 Å². The van der Waals surface area contributed by atoms with Crippen molar-refractivity contribution in [3.05, 3.63) is 95.6 Å². The number of pyridine rings is 1. The van der Waals surface area contributed by atoms with Gasteiger partial charge < -0.3 is 10.1 Å². The molecule has 1 unspecified atom stereocenters. The van der Waals surface area contributed by atoms with Crippen LogP contribution in [0.25, 0.3) is 0 Å². The van der Waals surface area contributed by atoms with Crippen LogP contribution in [0.4, 0.5) is 4.39 Å². The molecule has 0 radical (unpaired) electrons. The lowest BCUT2D eigenvalue weighted by molar-refractivity contribution is 0.0935. The van der Waals surface area contributed by atoms with Crippen LogP contribution in [-0.4, -0.2) is 10.9 Å². The number of halogens is 1.